The first-order valence-corrected chi connectivity index (χ1v) is 9.10. The first-order chi connectivity index (χ1) is 12.4. The van der Waals surface area contributed by atoms with Gasteiger partial charge in [0.05, 0.1) is 5.56 Å². The number of alkyl halides is 3. The molecule has 1 saturated heterocycles. The van der Waals surface area contributed by atoms with Crippen molar-refractivity contribution < 1.29 is 17.9 Å². The molecule has 0 aromatic heterocycles. The van der Waals surface area contributed by atoms with E-state index >= 15 is 0 Å². The maximum Gasteiger partial charge on any atom is 0.416 e. The van der Waals surface area contributed by atoms with Gasteiger partial charge in [0.15, 0.2) is 0 Å². The molecule has 1 aliphatic rings. The van der Waals surface area contributed by atoms with Crippen LogP contribution in [0, 0.1) is 5.92 Å². The molecular weight excluding hydrogens is 363 g/mol. The van der Waals surface area contributed by atoms with E-state index in [0.717, 1.165) is 50.0 Å². The predicted octanol–water partition coefficient (Wildman–Crippen LogP) is 5.87. The molecular formula is C20H21ClF3NO. The summed E-state index contributed by atoms with van der Waals surface area (Å²) in [5, 5.41) is 3.95. The van der Waals surface area contributed by atoms with Crippen LogP contribution in [0.4, 0.5) is 13.2 Å². The second-order valence-electron chi connectivity index (χ2n) is 6.58. The zero-order chi connectivity index (χ0) is 18.6. The number of benzene rings is 2. The van der Waals surface area contributed by atoms with Crippen molar-refractivity contribution in [1.82, 2.24) is 5.32 Å². The van der Waals surface area contributed by atoms with Gasteiger partial charge in [-0.3, -0.25) is 0 Å². The standard InChI is InChI=1S/C20H21ClF3NO/c21-18-4-2-1-3-17(18)19(13-14-9-11-25-12-10-14)26-16-7-5-15(6-8-16)20(22,23)24/h1-8,14,19,25H,9-13H2. The van der Waals surface area contributed by atoms with Crippen molar-refractivity contribution in [2.75, 3.05) is 13.1 Å². The zero-order valence-corrected chi connectivity index (χ0v) is 15.0. The molecule has 0 bridgehead atoms. The van der Waals surface area contributed by atoms with Gasteiger partial charge in [-0.1, -0.05) is 29.8 Å². The number of hydrogen-bond acceptors (Lipinski definition) is 2. The van der Waals surface area contributed by atoms with Crippen molar-refractivity contribution in [3.63, 3.8) is 0 Å². The van der Waals surface area contributed by atoms with Crippen molar-refractivity contribution >= 4 is 11.6 Å². The van der Waals surface area contributed by atoms with E-state index in [1.54, 1.807) is 0 Å². The Balaban J connectivity index is 1.80. The van der Waals surface area contributed by atoms with Gasteiger partial charge >= 0.3 is 6.18 Å². The van der Waals surface area contributed by atoms with Gasteiger partial charge in [-0.15, -0.1) is 0 Å². The fourth-order valence-corrected chi connectivity index (χ4v) is 3.54. The van der Waals surface area contributed by atoms with E-state index in [1.807, 2.05) is 24.3 Å². The van der Waals surface area contributed by atoms with Gasteiger partial charge in [0.25, 0.3) is 0 Å². The molecule has 1 aliphatic heterocycles. The molecule has 0 aliphatic carbocycles. The van der Waals surface area contributed by atoms with Crippen LogP contribution in [-0.4, -0.2) is 13.1 Å². The lowest BCUT2D eigenvalue weighted by atomic mass is 9.89. The minimum Gasteiger partial charge on any atom is -0.486 e. The molecule has 0 amide bonds. The molecule has 2 aromatic rings. The minimum atomic E-state index is -4.35. The summed E-state index contributed by atoms with van der Waals surface area (Å²) >= 11 is 6.35. The Kier molecular flexibility index (Phi) is 6.09. The van der Waals surface area contributed by atoms with Crippen molar-refractivity contribution in [3.8, 4) is 5.75 Å². The van der Waals surface area contributed by atoms with Crippen LogP contribution < -0.4 is 10.1 Å². The summed E-state index contributed by atoms with van der Waals surface area (Å²) in [6.07, 6.45) is -1.75. The molecule has 0 spiro atoms. The first-order valence-electron chi connectivity index (χ1n) is 8.72. The van der Waals surface area contributed by atoms with Gasteiger partial charge in [-0.2, -0.15) is 13.2 Å². The van der Waals surface area contributed by atoms with Gasteiger partial charge in [0.1, 0.15) is 11.9 Å². The van der Waals surface area contributed by atoms with Gasteiger partial charge in [-0.05, 0) is 68.6 Å². The van der Waals surface area contributed by atoms with E-state index < -0.39 is 11.7 Å². The minimum absolute atomic E-state index is 0.288. The lowest BCUT2D eigenvalue weighted by molar-refractivity contribution is -0.137. The van der Waals surface area contributed by atoms with Gasteiger partial charge in [0, 0.05) is 10.6 Å². The third-order valence-electron chi connectivity index (χ3n) is 4.72. The fraction of sp³-hybridized carbons (Fsp3) is 0.400. The Morgan fingerprint density at radius 3 is 2.31 bits per heavy atom. The quantitative estimate of drug-likeness (QED) is 0.697. The Morgan fingerprint density at radius 1 is 1.04 bits per heavy atom. The monoisotopic (exact) mass is 383 g/mol. The number of hydrogen-bond donors (Lipinski definition) is 1. The first kappa shape index (κ1) is 19.1. The molecule has 2 aromatic carbocycles. The predicted molar refractivity (Wildman–Crippen MR) is 96.5 cm³/mol. The number of halogens is 4. The third-order valence-corrected chi connectivity index (χ3v) is 5.06. The molecule has 0 saturated carbocycles. The maximum absolute atomic E-state index is 12.7. The molecule has 1 fully saturated rings. The second-order valence-corrected chi connectivity index (χ2v) is 6.99. The maximum atomic E-state index is 12.7. The van der Waals surface area contributed by atoms with E-state index in [4.69, 9.17) is 16.3 Å². The Labute approximate surface area is 156 Å². The summed E-state index contributed by atoms with van der Waals surface area (Å²) in [4.78, 5) is 0. The number of ether oxygens (including phenoxy) is 1. The number of nitrogens with one attached hydrogen (secondary N) is 1. The Bertz CT molecular complexity index is 712. The topological polar surface area (TPSA) is 21.3 Å². The van der Waals surface area contributed by atoms with Gasteiger partial charge in [0.2, 0.25) is 0 Å². The summed E-state index contributed by atoms with van der Waals surface area (Å²) in [6.45, 7) is 1.94. The molecule has 1 N–H and O–H groups in total. The molecule has 0 radical (unpaired) electrons. The smallest absolute Gasteiger partial charge is 0.416 e. The SMILES string of the molecule is FC(F)(F)c1ccc(OC(CC2CCNCC2)c2ccccc2Cl)cc1. The van der Waals surface area contributed by atoms with Crippen LogP contribution in [0.15, 0.2) is 48.5 Å². The number of piperidine rings is 1. The average molecular weight is 384 g/mol. The highest BCUT2D eigenvalue weighted by molar-refractivity contribution is 6.31. The van der Waals surface area contributed by atoms with Crippen LogP contribution >= 0.6 is 11.6 Å². The number of rotatable bonds is 5. The highest BCUT2D eigenvalue weighted by Gasteiger charge is 2.30. The highest BCUT2D eigenvalue weighted by atomic mass is 35.5. The summed E-state index contributed by atoms with van der Waals surface area (Å²) in [6, 6.07) is 12.3. The van der Waals surface area contributed by atoms with E-state index in [9.17, 15) is 13.2 Å². The van der Waals surface area contributed by atoms with E-state index in [2.05, 4.69) is 5.32 Å². The van der Waals surface area contributed by atoms with Crippen molar-refractivity contribution in [2.45, 2.75) is 31.5 Å². The second kappa shape index (κ2) is 8.31. The molecule has 26 heavy (non-hydrogen) atoms. The van der Waals surface area contributed by atoms with Crippen LogP contribution in [0.25, 0.3) is 0 Å². The molecule has 140 valence electrons. The summed E-state index contributed by atoms with van der Waals surface area (Å²) in [7, 11) is 0. The largest absolute Gasteiger partial charge is 0.486 e. The van der Waals surface area contributed by atoms with Crippen LogP contribution in [0.5, 0.6) is 5.75 Å². The van der Waals surface area contributed by atoms with Gasteiger partial charge < -0.3 is 10.1 Å². The summed E-state index contributed by atoms with van der Waals surface area (Å²) in [5.74, 6) is 0.906. The molecule has 3 rings (SSSR count). The van der Waals surface area contributed by atoms with Crippen LogP contribution in [0.3, 0.4) is 0 Å². The Hall–Kier alpha value is -1.72. The highest BCUT2D eigenvalue weighted by Crippen LogP contribution is 2.36. The van der Waals surface area contributed by atoms with Crippen molar-refractivity contribution in [2.24, 2.45) is 5.92 Å². The lowest BCUT2D eigenvalue weighted by Crippen LogP contribution is -2.29. The molecule has 1 unspecified atom stereocenters. The normalized spacial score (nSPS) is 17.1. The van der Waals surface area contributed by atoms with Crippen molar-refractivity contribution in [1.29, 1.82) is 0 Å². The summed E-state index contributed by atoms with van der Waals surface area (Å²) < 4.78 is 44.3. The summed E-state index contributed by atoms with van der Waals surface area (Å²) in [5.41, 5.74) is 0.185. The third kappa shape index (κ3) is 4.92. The fourth-order valence-electron chi connectivity index (χ4n) is 3.28. The van der Waals surface area contributed by atoms with E-state index in [1.165, 1.54) is 12.1 Å². The molecule has 6 heteroatoms. The van der Waals surface area contributed by atoms with Crippen LogP contribution in [0.1, 0.15) is 36.5 Å². The van der Waals surface area contributed by atoms with Crippen molar-refractivity contribution in [3.05, 3.63) is 64.7 Å². The molecule has 2 nitrogen and oxygen atoms in total. The molecule has 1 heterocycles. The average Bonchev–Trinajstić information content (AvgIpc) is 2.62. The van der Waals surface area contributed by atoms with E-state index in [-0.39, 0.29) is 6.10 Å². The van der Waals surface area contributed by atoms with Crippen LogP contribution in [-0.2, 0) is 6.18 Å². The Morgan fingerprint density at radius 2 is 1.69 bits per heavy atom. The van der Waals surface area contributed by atoms with Crippen LogP contribution in [0.2, 0.25) is 5.02 Å². The molecule has 1 atom stereocenters. The van der Waals surface area contributed by atoms with Gasteiger partial charge in [-0.25, -0.2) is 0 Å². The van der Waals surface area contributed by atoms with E-state index in [0.29, 0.717) is 16.7 Å². The zero-order valence-electron chi connectivity index (χ0n) is 14.2. The lowest BCUT2D eigenvalue weighted by Gasteiger charge is -2.28.